The van der Waals surface area contributed by atoms with Gasteiger partial charge in [-0.25, -0.2) is 9.97 Å². The van der Waals surface area contributed by atoms with Gasteiger partial charge in [-0.15, -0.1) is 0 Å². The van der Waals surface area contributed by atoms with Gasteiger partial charge in [-0.2, -0.15) is 4.39 Å². The molecule has 1 N–H and O–H groups in total. The number of halogens is 1. The number of piperidine rings is 1. The molecule has 3 rings (SSSR count). The summed E-state index contributed by atoms with van der Waals surface area (Å²) in [6, 6.07) is 7.38. The molecule has 0 unspecified atom stereocenters. The molecule has 2 aromatic rings. The maximum Gasteiger partial charge on any atom is 0.257 e. The van der Waals surface area contributed by atoms with Crippen molar-refractivity contribution in [2.45, 2.75) is 12.8 Å². The van der Waals surface area contributed by atoms with Crippen molar-refractivity contribution in [3.8, 4) is 0 Å². The zero-order chi connectivity index (χ0) is 17.8. The fraction of sp³-hybridized carbons (Fsp3) is 0.333. The SMILES string of the molecule is CN1CCC(C(=O)c2cccc(NC(=O)c3ccnc(F)c3)n2)CC1. The van der Waals surface area contributed by atoms with Gasteiger partial charge in [0.1, 0.15) is 11.5 Å². The molecular formula is C18H19FN4O2. The Morgan fingerprint density at radius 2 is 2.00 bits per heavy atom. The number of carbonyl (C=O) groups excluding carboxylic acids is 2. The molecule has 1 aliphatic heterocycles. The first-order valence-corrected chi connectivity index (χ1v) is 8.15. The van der Waals surface area contributed by atoms with Crippen LogP contribution in [0, 0.1) is 11.9 Å². The van der Waals surface area contributed by atoms with Crippen molar-refractivity contribution >= 4 is 17.5 Å². The number of aromatic nitrogens is 2. The van der Waals surface area contributed by atoms with Crippen molar-refractivity contribution in [3.05, 3.63) is 53.7 Å². The zero-order valence-corrected chi connectivity index (χ0v) is 13.9. The second kappa shape index (κ2) is 7.48. The molecule has 3 heterocycles. The Hall–Kier alpha value is -2.67. The van der Waals surface area contributed by atoms with E-state index in [0.29, 0.717) is 5.69 Å². The van der Waals surface area contributed by atoms with Crippen LogP contribution in [0.4, 0.5) is 10.2 Å². The molecule has 0 aliphatic carbocycles. The Labute approximate surface area is 145 Å². The number of rotatable bonds is 4. The topological polar surface area (TPSA) is 75.2 Å². The van der Waals surface area contributed by atoms with E-state index in [4.69, 9.17) is 0 Å². The van der Waals surface area contributed by atoms with Gasteiger partial charge in [0, 0.05) is 23.7 Å². The van der Waals surface area contributed by atoms with Gasteiger partial charge in [0.15, 0.2) is 5.78 Å². The zero-order valence-electron chi connectivity index (χ0n) is 13.9. The first kappa shape index (κ1) is 17.2. The highest BCUT2D eigenvalue weighted by molar-refractivity contribution is 6.04. The van der Waals surface area contributed by atoms with E-state index < -0.39 is 11.9 Å². The lowest BCUT2D eigenvalue weighted by atomic mass is 9.91. The van der Waals surface area contributed by atoms with E-state index in [1.54, 1.807) is 18.2 Å². The Morgan fingerprint density at radius 1 is 1.24 bits per heavy atom. The quantitative estimate of drug-likeness (QED) is 0.682. The summed E-state index contributed by atoms with van der Waals surface area (Å²) in [5, 5.41) is 2.59. The van der Waals surface area contributed by atoms with E-state index in [2.05, 4.69) is 20.2 Å². The number of ketones is 1. The molecule has 2 aromatic heterocycles. The van der Waals surface area contributed by atoms with Gasteiger partial charge in [0.2, 0.25) is 5.95 Å². The Bertz CT molecular complexity index is 788. The number of nitrogens with zero attached hydrogens (tertiary/aromatic N) is 3. The van der Waals surface area contributed by atoms with Crippen molar-refractivity contribution in [2.75, 3.05) is 25.5 Å². The van der Waals surface area contributed by atoms with Crippen LogP contribution in [0.15, 0.2) is 36.5 Å². The second-order valence-electron chi connectivity index (χ2n) is 6.17. The fourth-order valence-electron chi connectivity index (χ4n) is 2.85. The molecule has 6 nitrogen and oxygen atoms in total. The summed E-state index contributed by atoms with van der Waals surface area (Å²) in [6.45, 7) is 1.78. The van der Waals surface area contributed by atoms with Gasteiger partial charge in [0.25, 0.3) is 5.91 Å². The third kappa shape index (κ3) is 4.24. The van der Waals surface area contributed by atoms with Gasteiger partial charge in [0.05, 0.1) is 0 Å². The van der Waals surface area contributed by atoms with Crippen LogP contribution >= 0.6 is 0 Å². The van der Waals surface area contributed by atoms with Crippen LogP contribution in [0.5, 0.6) is 0 Å². The predicted molar refractivity (Wildman–Crippen MR) is 90.9 cm³/mol. The molecule has 1 saturated heterocycles. The molecule has 7 heteroatoms. The van der Waals surface area contributed by atoms with Gasteiger partial charge < -0.3 is 10.2 Å². The van der Waals surface area contributed by atoms with Gasteiger partial charge in [-0.1, -0.05) is 6.07 Å². The summed E-state index contributed by atoms with van der Waals surface area (Å²) in [7, 11) is 2.04. The third-order valence-corrected chi connectivity index (χ3v) is 4.32. The van der Waals surface area contributed by atoms with Crippen LogP contribution in [-0.4, -0.2) is 46.7 Å². The summed E-state index contributed by atoms with van der Waals surface area (Å²) in [5.41, 5.74) is 0.481. The van der Waals surface area contributed by atoms with E-state index in [1.165, 1.54) is 12.3 Å². The lowest BCUT2D eigenvalue weighted by Gasteiger charge is -2.27. The molecule has 0 aromatic carbocycles. The van der Waals surface area contributed by atoms with E-state index in [0.717, 1.165) is 32.0 Å². The second-order valence-corrected chi connectivity index (χ2v) is 6.17. The van der Waals surface area contributed by atoms with E-state index >= 15 is 0 Å². The molecule has 0 bridgehead atoms. The average Bonchev–Trinajstić information content (AvgIpc) is 2.62. The molecule has 25 heavy (non-hydrogen) atoms. The summed E-state index contributed by atoms with van der Waals surface area (Å²) < 4.78 is 13.1. The number of carbonyl (C=O) groups is 2. The normalized spacial score (nSPS) is 15.8. The molecule has 0 spiro atoms. The molecule has 0 radical (unpaired) electrons. The van der Waals surface area contributed by atoms with Crippen molar-refractivity contribution in [3.63, 3.8) is 0 Å². The van der Waals surface area contributed by atoms with E-state index in [-0.39, 0.29) is 23.1 Å². The Kier molecular flexibility index (Phi) is 5.14. The monoisotopic (exact) mass is 342 g/mol. The highest BCUT2D eigenvalue weighted by atomic mass is 19.1. The average molecular weight is 342 g/mol. The fourth-order valence-corrected chi connectivity index (χ4v) is 2.85. The number of hydrogen-bond acceptors (Lipinski definition) is 5. The Morgan fingerprint density at radius 3 is 2.72 bits per heavy atom. The Balaban J connectivity index is 1.71. The van der Waals surface area contributed by atoms with Crippen molar-refractivity contribution in [1.82, 2.24) is 14.9 Å². The molecule has 0 atom stereocenters. The molecule has 130 valence electrons. The summed E-state index contributed by atoms with van der Waals surface area (Å²) in [6.07, 6.45) is 2.84. The smallest absolute Gasteiger partial charge is 0.257 e. The van der Waals surface area contributed by atoms with Crippen molar-refractivity contribution in [2.24, 2.45) is 5.92 Å². The molecular weight excluding hydrogens is 323 g/mol. The third-order valence-electron chi connectivity index (χ3n) is 4.32. The standard InChI is InChI=1S/C18H19FN4O2/c1-23-9-6-12(7-10-23)17(24)14-3-2-4-16(21-14)22-18(25)13-5-8-20-15(19)11-13/h2-5,8,11-12H,6-7,9-10H2,1H3,(H,21,22,25). The van der Waals surface area contributed by atoms with Crippen LogP contribution < -0.4 is 5.32 Å². The van der Waals surface area contributed by atoms with Gasteiger partial charge in [-0.05, 0) is 51.2 Å². The minimum Gasteiger partial charge on any atom is -0.307 e. The number of amides is 1. The first-order valence-electron chi connectivity index (χ1n) is 8.15. The molecule has 1 aliphatic rings. The first-order chi connectivity index (χ1) is 12.0. The molecule has 0 saturated carbocycles. The predicted octanol–water partition coefficient (Wildman–Crippen LogP) is 2.39. The lowest BCUT2D eigenvalue weighted by molar-refractivity contribution is 0.0851. The number of nitrogens with one attached hydrogen (secondary N) is 1. The van der Waals surface area contributed by atoms with Crippen molar-refractivity contribution < 1.29 is 14.0 Å². The molecule has 1 amide bonds. The summed E-state index contributed by atoms with van der Waals surface area (Å²) >= 11 is 0. The van der Waals surface area contributed by atoms with Crippen LogP contribution in [-0.2, 0) is 0 Å². The number of Topliss-reactive ketones (excluding diaryl/α,β-unsaturated/α-hetero) is 1. The molecule has 1 fully saturated rings. The van der Waals surface area contributed by atoms with E-state index in [1.807, 2.05) is 7.05 Å². The number of anilines is 1. The highest BCUT2D eigenvalue weighted by Crippen LogP contribution is 2.21. The maximum atomic E-state index is 13.1. The number of likely N-dealkylation sites (tertiary alicyclic amines) is 1. The summed E-state index contributed by atoms with van der Waals surface area (Å²) in [5.74, 6) is -1.01. The minimum atomic E-state index is -0.730. The van der Waals surface area contributed by atoms with Crippen LogP contribution in [0.1, 0.15) is 33.7 Å². The van der Waals surface area contributed by atoms with Crippen molar-refractivity contribution in [1.29, 1.82) is 0 Å². The van der Waals surface area contributed by atoms with E-state index in [9.17, 15) is 14.0 Å². The largest absolute Gasteiger partial charge is 0.307 e. The van der Waals surface area contributed by atoms with Crippen LogP contribution in [0.3, 0.4) is 0 Å². The maximum absolute atomic E-state index is 13.1. The number of pyridine rings is 2. The van der Waals surface area contributed by atoms with Gasteiger partial charge >= 0.3 is 0 Å². The highest BCUT2D eigenvalue weighted by Gasteiger charge is 2.25. The lowest BCUT2D eigenvalue weighted by Crippen LogP contribution is -2.33. The number of hydrogen-bond donors (Lipinski definition) is 1. The van der Waals surface area contributed by atoms with Crippen LogP contribution in [0.25, 0.3) is 0 Å². The van der Waals surface area contributed by atoms with Gasteiger partial charge in [-0.3, -0.25) is 9.59 Å². The minimum absolute atomic E-state index is 0.000783. The summed E-state index contributed by atoms with van der Waals surface area (Å²) in [4.78, 5) is 34.6. The van der Waals surface area contributed by atoms with Crippen LogP contribution in [0.2, 0.25) is 0 Å².